The van der Waals surface area contributed by atoms with Crippen LogP contribution in [-0.2, 0) is 6.54 Å². The summed E-state index contributed by atoms with van der Waals surface area (Å²) in [4.78, 5) is 24.5. The summed E-state index contributed by atoms with van der Waals surface area (Å²) in [7, 11) is 0. The third kappa shape index (κ3) is 4.88. The van der Waals surface area contributed by atoms with Gasteiger partial charge in [0.25, 0.3) is 0 Å². The van der Waals surface area contributed by atoms with Crippen molar-refractivity contribution < 1.29 is 19.4 Å². The summed E-state index contributed by atoms with van der Waals surface area (Å²) in [5.41, 5.74) is 1.28. The predicted molar refractivity (Wildman–Crippen MR) is 128 cm³/mol. The van der Waals surface area contributed by atoms with Crippen LogP contribution >= 0.6 is 27.7 Å². The molecule has 5 rings (SSSR count). The highest BCUT2D eigenvalue weighted by Gasteiger charge is 2.25. The second-order valence-electron chi connectivity index (χ2n) is 8.51. The fraction of sp³-hybridized carbons (Fsp3) is 0.455. The van der Waals surface area contributed by atoms with Crippen LogP contribution in [0.15, 0.2) is 33.0 Å². The van der Waals surface area contributed by atoms with Gasteiger partial charge < -0.3 is 29.4 Å². The van der Waals surface area contributed by atoms with E-state index >= 15 is 0 Å². The summed E-state index contributed by atoms with van der Waals surface area (Å²) >= 11 is 4.99. The molecule has 180 valence electrons. The highest BCUT2D eigenvalue weighted by Crippen LogP contribution is 2.42. The summed E-state index contributed by atoms with van der Waals surface area (Å²) in [6.07, 6.45) is 6.85. The first-order chi connectivity index (χ1) is 16.5. The number of imidazole rings is 1. The van der Waals surface area contributed by atoms with Crippen LogP contribution in [0.4, 0.5) is 4.79 Å². The van der Waals surface area contributed by atoms with Crippen molar-refractivity contribution in [3.63, 3.8) is 0 Å². The molecule has 0 spiro atoms. The summed E-state index contributed by atoms with van der Waals surface area (Å²) in [6, 6.07) is 3.64. The number of rotatable bonds is 7. The summed E-state index contributed by atoms with van der Waals surface area (Å²) < 4.78 is 13.6. The van der Waals surface area contributed by atoms with E-state index in [1.54, 1.807) is 6.33 Å². The molecule has 1 unspecified atom stereocenters. The van der Waals surface area contributed by atoms with Gasteiger partial charge in [-0.2, -0.15) is 0 Å². The number of H-pyrrole nitrogens is 1. The molecular weight excluding hydrogens is 524 g/mol. The molecule has 3 aromatic rings. The predicted octanol–water partition coefficient (Wildman–Crippen LogP) is 4.49. The van der Waals surface area contributed by atoms with E-state index in [-0.39, 0.29) is 18.3 Å². The number of carbonyl (C=O) groups is 1. The normalized spacial score (nSPS) is 16.6. The van der Waals surface area contributed by atoms with Crippen molar-refractivity contribution in [3.05, 3.63) is 28.4 Å². The first kappa shape index (κ1) is 23.0. The van der Waals surface area contributed by atoms with Gasteiger partial charge in [0, 0.05) is 22.0 Å². The van der Waals surface area contributed by atoms with E-state index in [2.05, 4.69) is 31.2 Å². The Labute approximate surface area is 208 Å². The van der Waals surface area contributed by atoms with Crippen LogP contribution in [0, 0.1) is 11.3 Å². The molecule has 34 heavy (non-hydrogen) atoms. The monoisotopic (exact) mass is 548 g/mol. The zero-order valence-electron chi connectivity index (χ0n) is 18.3. The smallest absolute Gasteiger partial charge is 0.404 e. The number of aromatic amines is 1. The van der Waals surface area contributed by atoms with E-state index in [1.165, 1.54) is 18.2 Å². The number of fused-ring (bicyclic) bond motifs is 2. The second-order valence-corrected chi connectivity index (χ2v) is 10.4. The molecular formula is C22H25BrN6O4S. The second kappa shape index (κ2) is 9.87. The van der Waals surface area contributed by atoms with Crippen molar-refractivity contribution in [2.75, 3.05) is 6.79 Å². The van der Waals surface area contributed by atoms with Crippen LogP contribution < -0.4 is 20.3 Å². The Bertz CT molecular complexity index is 1270. The minimum atomic E-state index is -0.988. The Balaban J connectivity index is 1.38. The lowest BCUT2D eigenvalue weighted by molar-refractivity contribution is 0.173. The quantitative estimate of drug-likeness (QED) is 0.341. The topological polar surface area (TPSA) is 138 Å². The molecule has 1 fully saturated rings. The Kier molecular flexibility index (Phi) is 6.68. The van der Waals surface area contributed by atoms with Crippen LogP contribution in [0.25, 0.3) is 11.2 Å². The SMILES string of the molecule is N=c1ncn(CCC(NC(=O)O)C2CCCCC2)c2nc(Sc3cc4c(cc3Br)OCO4)[nH]c12. The average Bonchev–Trinajstić information content (AvgIpc) is 3.45. The highest BCUT2D eigenvalue weighted by molar-refractivity contribution is 9.10. The van der Waals surface area contributed by atoms with E-state index in [1.807, 2.05) is 16.7 Å². The third-order valence-electron chi connectivity index (χ3n) is 6.34. The Morgan fingerprint density at radius 3 is 2.85 bits per heavy atom. The van der Waals surface area contributed by atoms with E-state index < -0.39 is 6.09 Å². The minimum Gasteiger partial charge on any atom is -0.465 e. The first-order valence-electron chi connectivity index (χ1n) is 11.2. The fourth-order valence-corrected chi connectivity index (χ4v) is 6.04. The van der Waals surface area contributed by atoms with Gasteiger partial charge in [-0.05, 0) is 53.2 Å². The standard InChI is InChI=1S/C22H25BrN6O4S/c23-13-8-15-16(33-11-32-15)9-17(13)34-21-27-18-19(24)25-10-29(20(18)28-21)7-6-14(26-22(30)31)12-4-2-1-3-5-12/h8-10,12,14,24,26H,1-7,11H2,(H,27,28)(H,30,31). The largest absolute Gasteiger partial charge is 0.465 e. The number of benzene rings is 1. The number of halogens is 1. The lowest BCUT2D eigenvalue weighted by Gasteiger charge is -2.30. The van der Waals surface area contributed by atoms with E-state index in [0.29, 0.717) is 46.7 Å². The van der Waals surface area contributed by atoms with Gasteiger partial charge in [-0.3, -0.25) is 5.41 Å². The fourth-order valence-electron chi connectivity index (χ4n) is 4.65. The molecule has 0 bridgehead atoms. The van der Waals surface area contributed by atoms with Gasteiger partial charge in [-0.15, -0.1) is 0 Å². The van der Waals surface area contributed by atoms with Gasteiger partial charge in [0.15, 0.2) is 27.8 Å². The molecule has 1 aromatic carbocycles. The van der Waals surface area contributed by atoms with Crippen LogP contribution in [0.3, 0.4) is 0 Å². The van der Waals surface area contributed by atoms with Gasteiger partial charge >= 0.3 is 6.09 Å². The van der Waals surface area contributed by atoms with Gasteiger partial charge in [0.1, 0.15) is 5.52 Å². The number of nitrogens with zero attached hydrogens (tertiary/aromatic N) is 3. The molecule has 2 aromatic heterocycles. The Morgan fingerprint density at radius 2 is 2.09 bits per heavy atom. The lowest BCUT2D eigenvalue weighted by Crippen LogP contribution is -2.41. The van der Waals surface area contributed by atoms with Crippen molar-refractivity contribution in [2.24, 2.45) is 5.92 Å². The molecule has 12 heteroatoms. The number of ether oxygens (including phenoxy) is 2. The number of aromatic nitrogens is 4. The number of amides is 1. The Hall–Kier alpha value is -2.73. The van der Waals surface area contributed by atoms with E-state index in [4.69, 9.17) is 19.9 Å². The number of hydrogen-bond donors (Lipinski definition) is 4. The first-order valence-corrected chi connectivity index (χ1v) is 12.8. The molecule has 4 N–H and O–H groups in total. The van der Waals surface area contributed by atoms with Crippen molar-refractivity contribution in [1.82, 2.24) is 24.8 Å². The summed E-state index contributed by atoms with van der Waals surface area (Å²) in [6.45, 7) is 0.751. The van der Waals surface area contributed by atoms with Gasteiger partial charge in [0.05, 0.1) is 6.33 Å². The molecule has 0 saturated heterocycles. The zero-order chi connectivity index (χ0) is 23.7. The molecule has 3 heterocycles. The highest BCUT2D eigenvalue weighted by atomic mass is 79.9. The molecule has 1 amide bonds. The number of nitrogens with one attached hydrogen (secondary N) is 3. The average molecular weight is 549 g/mol. The molecule has 1 atom stereocenters. The van der Waals surface area contributed by atoms with Crippen molar-refractivity contribution in [1.29, 1.82) is 5.41 Å². The van der Waals surface area contributed by atoms with Crippen LogP contribution in [0.5, 0.6) is 11.5 Å². The van der Waals surface area contributed by atoms with Crippen molar-refractivity contribution in [3.8, 4) is 11.5 Å². The van der Waals surface area contributed by atoms with Crippen molar-refractivity contribution in [2.45, 2.75) is 61.2 Å². The number of carboxylic acid groups (broad SMARTS) is 1. The molecule has 0 radical (unpaired) electrons. The maximum absolute atomic E-state index is 11.4. The number of aryl methyl sites for hydroxylation is 1. The van der Waals surface area contributed by atoms with Crippen LogP contribution in [0.2, 0.25) is 0 Å². The molecule has 1 saturated carbocycles. The zero-order valence-corrected chi connectivity index (χ0v) is 20.7. The Morgan fingerprint density at radius 1 is 1.32 bits per heavy atom. The number of hydrogen-bond acceptors (Lipinski definition) is 7. The van der Waals surface area contributed by atoms with E-state index in [0.717, 1.165) is 35.1 Å². The summed E-state index contributed by atoms with van der Waals surface area (Å²) in [5, 5.41) is 20.9. The molecule has 10 nitrogen and oxygen atoms in total. The van der Waals surface area contributed by atoms with Crippen LogP contribution in [0.1, 0.15) is 38.5 Å². The molecule has 1 aliphatic heterocycles. The van der Waals surface area contributed by atoms with Gasteiger partial charge in [0.2, 0.25) is 6.79 Å². The molecule has 1 aliphatic carbocycles. The third-order valence-corrected chi connectivity index (χ3v) is 8.20. The molecule has 2 aliphatic rings. The maximum atomic E-state index is 11.4. The minimum absolute atomic E-state index is 0.114. The van der Waals surface area contributed by atoms with Gasteiger partial charge in [-0.1, -0.05) is 31.0 Å². The van der Waals surface area contributed by atoms with Crippen molar-refractivity contribution >= 4 is 44.9 Å². The lowest BCUT2D eigenvalue weighted by atomic mass is 9.82. The maximum Gasteiger partial charge on any atom is 0.404 e. The summed E-state index contributed by atoms with van der Waals surface area (Å²) in [5.74, 6) is 1.72. The van der Waals surface area contributed by atoms with Crippen LogP contribution in [-0.4, -0.2) is 43.6 Å². The van der Waals surface area contributed by atoms with Gasteiger partial charge in [-0.25, -0.2) is 14.8 Å². The van der Waals surface area contributed by atoms with E-state index in [9.17, 15) is 9.90 Å².